The van der Waals surface area contributed by atoms with Crippen molar-refractivity contribution in [2.24, 2.45) is 0 Å². The molecule has 0 aromatic heterocycles. The molecule has 1 aliphatic heterocycles. The third kappa shape index (κ3) is 4.05. The summed E-state index contributed by atoms with van der Waals surface area (Å²) in [6.07, 6.45) is 6.93. The van der Waals surface area contributed by atoms with Crippen molar-refractivity contribution in [1.82, 2.24) is 10.2 Å². The molecule has 0 radical (unpaired) electrons. The average Bonchev–Trinajstić information content (AvgIpc) is 2.72. The summed E-state index contributed by atoms with van der Waals surface area (Å²) < 4.78 is 23.2. The summed E-state index contributed by atoms with van der Waals surface area (Å²) >= 11 is 5.49. The van der Waals surface area contributed by atoms with Crippen LogP contribution >= 0.6 is 12.2 Å². The predicted octanol–water partition coefficient (Wildman–Crippen LogP) is 1.70. The topological polar surface area (TPSA) is 49.4 Å². The van der Waals surface area contributed by atoms with Crippen LogP contribution in [0, 0.1) is 0 Å². The molecule has 1 atom stereocenters. The Morgan fingerprint density at radius 1 is 1.26 bits per heavy atom. The van der Waals surface area contributed by atoms with E-state index in [0.29, 0.717) is 18.2 Å². The van der Waals surface area contributed by atoms with Gasteiger partial charge in [-0.25, -0.2) is 8.42 Å². The summed E-state index contributed by atoms with van der Waals surface area (Å²) in [6.45, 7) is 2.82. The van der Waals surface area contributed by atoms with E-state index in [2.05, 4.69) is 10.2 Å². The Morgan fingerprint density at radius 3 is 2.47 bits per heavy atom. The van der Waals surface area contributed by atoms with Crippen molar-refractivity contribution in [1.29, 1.82) is 0 Å². The molecule has 4 nitrogen and oxygen atoms in total. The molecule has 0 aromatic rings. The van der Waals surface area contributed by atoms with Crippen LogP contribution in [0.3, 0.4) is 0 Å². The maximum atomic E-state index is 11.6. The highest BCUT2D eigenvalue weighted by molar-refractivity contribution is 7.91. The Morgan fingerprint density at radius 2 is 1.95 bits per heavy atom. The number of sulfone groups is 1. The molecule has 1 saturated heterocycles. The van der Waals surface area contributed by atoms with Crippen molar-refractivity contribution in [3.63, 3.8) is 0 Å². The molecular weight excluding hydrogens is 280 g/mol. The first-order chi connectivity index (χ1) is 9.02. The van der Waals surface area contributed by atoms with Gasteiger partial charge in [-0.05, 0) is 38.4 Å². The third-order valence-corrected chi connectivity index (χ3v) is 6.29. The Kier molecular flexibility index (Phi) is 5.06. The van der Waals surface area contributed by atoms with Gasteiger partial charge in [-0.2, -0.15) is 0 Å². The highest BCUT2D eigenvalue weighted by atomic mass is 32.2. The molecule has 1 N–H and O–H groups in total. The fourth-order valence-electron chi connectivity index (χ4n) is 3.09. The van der Waals surface area contributed by atoms with Crippen LogP contribution in [0.2, 0.25) is 0 Å². The molecule has 19 heavy (non-hydrogen) atoms. The maximum Gasteiger partial charge on any atom is 0.169 e. The summed E-state index contributed by atoms with van der Waals surface area (Å²) in [5.74, 6) is 0.563. The molecule has 0 unspecified atom stereocenters. The van der Waals surface area contributed by atoms with Crippen LogP contribution in [0.5, 0.6) is 0 Å². The number of rotatable bonds is 3. The van der Waals surface area contributed by atoms with Crippen LogP contribution < -0.4 is 5.32 Å². The summed E-state index contributed by atoms with van der Waals surface area (Å²) in [6, 6.07) is 0.548. The molecule has 1 heterocycles. The minimum absolute atomic E-state index is 0.0681. The summed E-state index contributed by atoms with van der Waals surface area (Å²) in [5.41, 5.74) is 0. The van der Waals surface area contributed by atoms with Crippen molar-refractivity contribution in [2.45, 2.75) is 57.5 Å². The Balaban J connectivity index is 1.91. The highest BCUT2D eigenvalue weighted by Crippen LogP contribution is 2.20. The monoisotopic (exact) mass is 304 g/mol. The zero-order valence-corrected chi connectivity index (χ0v) is 13.2. The quantitative estimate of drug-likeness (QED) is 0.804. The van der Waals surface area contributed by atoms with Crippen molar-refractivity contribution in [3.8, 4) is 0 Å². The van der Waals surface area contributed by atoms with E-state index in [1.807, 2.05) is 6.92 Å². The molecular formula is C13H24N2O2S2. The van der Waals surface area contributed by atoms with Crippen LogP contribution in [0.1, 0.15) is 45.4 Å². The molecule has 0 spiro atoms. The smallest absolute Gasteiger partial charge is 0.169 e. The van der Waals surface area contributed by atoms with E-state index in [9.17, 15) is 8.42 Å². The van der Waals surface area contributed by atoms with Gasteiger partial charge in [0.15, 0.2) is 14.9 Å². The average molecular weight is 304 g/mol. The molecule has 6 heteroatoms. The molecule has 110 valence electrons. The molecule has 0 aromatic carbocycles. The van der Waals surface area contributed by atoms with E-state index in [-0.39, 0.29) is 11.8 Å². The van der Waals surface area contributed by atoms with Gasteiger partial charge in [0.2, 0.25) is 0 Å². The number of nitrogens with zero attached hydrogens (tertiary/aromatic N) is 1. The lowest BCUT2D eigenvalue weighted by molar-refractivity contribution is 0.328. The lowest BCUT2D eigenvalue weighted by atomic mass is 9.96. The third-order valence-electron chi connectivity index (χ3n) is 4.18. The first kappa shape index (κ1) is 15.0. The first-order valence-electron chi connectivity index (χ1n) is 7.29. The molecule has 0 bridgehead atoms. The van der Waals surface area contributed by atoms with Crippen LogP contribution in [-0.4, -0.2) is 48.6 Å². The maximum absolute atomic E-state index is 11.6. The fraction of sp³-hybridized carbons (Fsp3) is 0.923. The normalized spacial score (nSPS) is 27.1. The van der Waals surface area contributed by atoms with Crippen molar-refractivity contribution < 1.29 is 8.42 Å². The summed E-state index contributed by atoms with van der Waals surface area (Å²) in [7, 11) is -2.85. The van der Waals surface area contributed by atoms with Gasteiger partial charge in [0.25, 0.3) is 0 Å². The van der Waals surface area contributed by atoms with E-state index >= 15 is 0 Å². The first-order valence-corrected chi connectivity index (χ1v) is 9.52. The van der Waals surface area contributed by atoms with Gasteiger partial charge in [0.05, 0.1) is 11.5 Å². The Hall–Kier alpha value is -0.360. The van der Waals surface area contributed by atoms with E-state index in [1.54, 1.807) is 0 Å². The van der Waals surface area contributed by atoms with Gasteiger partial charge in [0, 0.05) is 18.6 Å². The zero-order chi connectivity index (χ0) is 13.9. The Labute approximate surface area is 121 Å². The summed E-state index contributed by atoms with van der Waals surface area (Å²) in [4.78, 5) is 2.06. The fourth-order valence-corrected chi connectivity index (χ4v) is 5.27. The second-order valence-corrected chi connectivity index (χ2v) is 8.24. The van der Waals surface area contributed by atoms with Gasteiger partial charge >= 0.3 is 0 Å². The van der Waals surface area contributed by atoms with E-state index in [0.717, 1.165) is 11.7 Å². The van der Waals surface area contributed by atoms with E-state index in [4.69, 9.17) is 12.2 Å². The molecule has 1 aliphatic carbocycles. The number of hydrogen-bond donors (Lipinski definition) is 1. The SMILES string of the molecule is CCN(C(=S)NC1CCCCC1)[C@@H]1CCS(=O)(=O)C1. The molecule has 1 saturated carbocycles. The van der Waals surface area contributed by atoms with Crippen LogP contribution in [0.25, 0.3) is 0 Å². The molecule has 2 rings (SSSR count). The summed E-state index contributed by atoms with van der Waals surface area (Å²) in [5, 5.41) is 4.18. The second kappa shape index (κ2) is 6.39. The van der Waals surface area contributed by atoms with Gasteiger partial charge in [-0.3, -0.25) is 0 Å². The molecule has 2 fully saturated rings. The van der Waals surface area contributed by atoms with Gasteiger partial charge in [0.1, 0.15) is 0 Å². The van der Waals surface area contributed by atoms with Crippen LogP contribution in [0.15, 0.2) is 0 Å². The lowest BCUT2D eigenvalue weighted by Gasteiger charge is -2.33. The van der Waals surface area contributed by atoms with Crippen LogP contribution in [0.4, 0.5) is 0 Å². The Bertz CT molecular complexity index is 416. The van der Waals surface area contributed by atoms with Crippen molar-refractivity contribution >= 4 is 27.2 Å². The van der Waals surface area contributed by atoms with Gasteiger partial charge in [-0.15, -0.1) is 0 Å². The van der Waals surface area contributed by atoms with Crippen molar-refractivity contribution in [2.75, 3.05) is 18.1 Å². The largest absolute Gasteiger partial charge is 0.360 e. The minimum Gasteiger partial charge on any atom is -0.360 e. The standard InChI is InChI=1S/C13H24N2O2S2/c1-2-15(12-8-9-19(16,17)10-12)13(18)14-11-6-4-3-5-7-11/h11-12H,2-10H2,1H3,(H,14,18)/t12-/m1/s1. The zero-order valence-electron chi connectivity index (χ0n) is 11.6. The molecule has 0 amide bonds. The number of hydrogen-bond acceptors (Lipinski definition) is 3. The highest BCUT2D eigenvalue weighted by Gasteiger charge is 2.33. The molecule has 2 aliphatic rings. The lowest BCUT2D eigenvalue weighted by Crippen LogP contribution is -2.49. The minimum atomic E-state index is -2.85. The van der Waals surface area contributed by atoms with Gasteiger partial charge in [-0.1, -0.05) is 19.3 Å². The number of thiocarbonyl (C=S) groups is 1. The predicted molar refractivity (Wildman–Crippen MR) is 82.0 cm³/mol. The van der Waals surface area contributed by atoms with Crippen LogP contribution in [-0.2, 0) is 9.84 Å². The number of nitrogens with one attached hydrogen (secondary N) is 1. The van der Waals surface area contributed by atoms with E-state index in [1.165, 1.54) is 32.1 Å². The van der Waals surface area contributed by atoms with Crippen molar-refractivity contribution in [3.05, 3.63) is 0 Å². The van der Waals surface area contributed by atoms with E-state index < -0.39 is 9.84 Å². The second-order valence-electron chi connectivity index (χ2n) is 5.63. The van der Waals surface area contributed by atoms with Gasteiger partial charge < -0.3 is 10.2 Å².